The van der Waals surface area contributed by atoms with Crippen molar-refractivity contribution in [3.8, 4) is 0 Å². The molecule has 0 aromatic rings. The molecule has 0 aromatic carbocycles. The van der Waals surface area contributed by atoms with Crippen molar-refractivity contribution in [2.24, 2.45) is 23.7 Å². The molecule has 2 aliphatic carbocycles. The van der Waals surface area contributed by atoms with Gasteiger partial charge in [0, 0.05) is 6.61 Å². The minimum atomic E-state index is 0.708. The van der Waals surface area contributed by atoms with E-state index in [1.54, 1.807) is 0 Å². The highest BCUT2D eigenvalue weighted by atomic mass is 16.5. The van der Waals surface area contributed by atoms with Gasteiger partial charge >= 0.3 is 0 Å². The Morgan fingerprint density at radius 1 is 0.870 bits per heavy atom. The van der Waals surface area contributed by atoms with Crippen LogP contribution in [-0.4, -0.2) is 19.8 Å². The standard InChI is InChI=1S/C21H36O2/c1-3-5-15-23-17-19-8-12-21(13-9-19)20-10-6-18(7-11-20)16-22-14-4-2/h4-5,15,18-21H,2-3,6-14,16-17H2,1H3/t18-,19-,20-,21-. The van der Waals surface area contributed by atoms with Gasteiger partial charge in [0.1, 0.15) is 0 Å². The molecule has 2 fully saturated rings. The van der Waals surface area contributed by atoms with Crippen LogP contribution in [0.25, 0.3) is 0 Å². The smallest absolute Gasteiger partial charge is 0.0901 e. The van der Waals surface area contributed by atoms with Crippen molar-refractivity contribution in [2.75, 3.05) is 19.8 Å². The summed E-state index contributed by atoms with van der Waals surface area (Å²) in [5, 5.41) is 0. The van der Waals surface area contributed by atoms with Gasteiger partial charge in [0.05, 0.1) is 19.5 Å². The van der Waals surface area contributed by atoms with Crippen molar-refractivity contribution in [1.82, 2.24) is 0 Å². The molecule has 0 saturated heterocycles. The first-order valence-corrected chi connectivity index (χ1v) is 9.78. The summed E-state index contributed by atoms with van der Waals surface area (Å²) in [6.45, 7) is 8.43. The summed E-state index contributed by atoms with van der Waals surface area (Å²) in [7, 11) is 0. The Hall–Kier alpha value is -0.760. The molecule has 23 heavy (non-hydrogen) atoms. The van der Waals surface area contributed by atoms with Crippen molar-refractivity contribution in [1.29, 1.82) is 0 Å². The average Bonchev–Trinajstić information content (AvgIpc) is 2.60. The van der Waals surface area contributed by atoms with Crippen LogP contribution < -0.4 is 0 Å². The Labute approximate surface area is 143 Å². The lowest BCUT2D eigenvalue weighted by Gasteiger charge is -2.37. The Bertz CT molecular complexity index is 334. The summed E-state index contributed by atoms with van der Waals surface area (Å²) in [5.41, 5.74) is 0. The molecular formula is C21H36O2. The van der Waals surface area contributed by atoms with Crippen molar-refractivity contribution in [3.63, 3.8) is 0 Å². The van der Waals surface area contributed by atoms with Crippen LogP contribution in [0.3, 0.4) is 0 Å². The summed E-state index contributed by atoms with van der Waals surface area (Å²) < 4.78 is 11.3. The van der Waals surface area contributed by atoms with Gasteiger partial charge in [-0.25, -0.2) is 0 Å². The maximum absolute atomic E-state index is 5.65. The van der Waals surface area contributed by atoms with Gasteiger partial charge in [0.25, 0.3) is 0 Å². The van der Waals surface area contributed by atoms with Crippen molar-refractivity contribution in [3.05, 3.63) is 25.0 Å². The normalized spacial score (nSPS) is 32.0. The van der Waals surface area contributed by atoms with Crippen molar-refractivity contribution < 1.29 is 9.47 Å². The van der Waals surface area contributed by atoms with Crippen LogP contribution in [0.2, 0.25) is 0 Å². The van der Waals surface area contributed by atoms with Crippen molar-refractivity contribution >= 4 is 0 Å². The van der Waals surface area contributed by atoms with E-state index in [2.05, 4.69) is 19.6 Å². The third kappa shape index (κ3) is 6.71. The van der Waals surface area contributed by atoms with Crippen LogP contribution in [0, 0.1) is 23.7 Å². The second-order valence-corrected chi connectivity index (χ2v) is 7.50. The lowest BCUT2D eigenvalue weighted by molar-refractivity contribution is 0.0725. The Balaban J connectivity index is 1.59. The van der Waals surface area contributed by atoms with E-state index in [1.807, 2.05) is 12.3 Å². The van der Waals surface area contributed by atoms with Gasteiger partial charge in [0.2, 0.25) is 0 Å². The van der Waals surface area contributed by atoms with Gasteiger partial charge in [-0.3, -0.25) is 0 Å². The molecule has 0 bridgehead atoms. The maximum Gasteiger partial charge on any atom is 0.0901 e. The average molecular weight is 321 g/mol. The minimum Gasteiger partial charge on any atom is -0.501 e. The molecule has 2 saturated carbocycles. The second kappa shape index (κ2) is 10.9. The van der Waals surface area contributed by atoms with Crippen LogP contribution in [0.15, 0.2) is 25.0 Å². The van der Waals surface area contributed by atoms with E-state index in [1.165, 1.54) is 51.4 Å². The van der Waals surface area contributed by atoms with E-state index < -0.39 is 0 Å². The molecule has 2 aliphatic rings. The molecule has 2 heteroatoms. The molecule has 0 atom stereocenters. The van der Waals surface area contributed by atoms with E-state index >= 15 is 0 Å². The lowest BCUT2D eigenvalue weighted by Crippen LogP contribution is -2.28. The predicted octanol–water partition coefficient (Wildman–Crippen LogP) is 5.74. The third-order valence-electron chi connectivity index (χ3n) is 5.80. The zero-order valence-corrected chi connectivity index (χ0v) is 15.1. The Morgan fingerprint density at radius 3 is 1.96 bits per heavy atom. The fourth-order valence-corrected chi connectivity index (χ4v) is 4.33. The molecule has 0 amide bonds. The van der Waals surface area contributed by atoms with Crippen LogP contribution in [0.5, 0.6) is 0 Å². The Kier molecular flexibility index (Phi) is 8.81. The lowest BCUT2D eigenvalue weighted by atomic mass is 9.69. The van der Waals surface area contributed by atoms with E-state index in [9.17, 15) is 0 Å². The molecule has 0 spiro atoms. The predicted molar refractivity (Wildman–Crippen MR) is 97.3 cm³/mol. The largest absolute Gasteiger partial charge is 0.501 e. The molecule has 0 heterocycles. The first-order valence-electron chi connectivity index (χ1n) is 9.78. The quantitative estimate of drug-likeness (QED) is 0.306. The fraction of sp³-hybridized carbons (Fsp3) is 0.810. The molecule has 0 unspecified atom stereocenters. The first-order chi connectivity index (χ1) is 11.3. The van der Waals surface area contributed by atoms with E-state index in [-0.39, 0.29) is 0 Å². The van der Waals surface area contributed by atoms with Gasteiger partial charge in [0.15, 0.2) is 0 Å². The van der Waals surface area contributed by atoms with Gasteiger partial charge in [-0.05, 0) is 81.5 Å². The molecular weight excluding hydrogens is 284 g/mol. The van der Waals surface area contributed by atoms with Gasteiger partial charge in [-0.15, -0.1) is 6.58 Å². The summed E-state index contributed by atoms with van der Waals surface area (Å²) in [5.74, 6) is 3.54. The van der Waals surface area contributed by atoms with Crippen LogP contribution in [0.4, 0.5) is 0 Å². The molecule has 0 N–H and O–H groups in total. The highest BCUT2D eigenvalue weighted by Crippen LogP contribution is 2.41. The third-order valence-corrected chi connectivity index (χ3v) is 5.80. The SMILES string of the molecule is C=CCOC[C@H]1CC[C@H]([C@H]2CC[C@H](COC=CCC)CC2)CC1. The zero-order valence-electron chi connectivity index (χ0n) is 15.1. The molecule has 2 nitrogen and oxygen atoms in total. The van der Waals surface area contributed by atoms with Crippen LogP contribution in [-0.2, 0) is 9.47 Å². The van der Waals surface area contributed by atoms with Crippen LogP contribution in [0.1, 0.15) is 64.7 Å². The second-order valence-electron chi connectivity index (χ2n) is 7.50. The molecule has 2 rings (SSSR count). The van der Waals surface area contributed by atoms with Gasteiger partial charge in [-0.1, -0.05) is 19.1 Å². The van der Waals surface area contributed by atoms with Crippen LogP contribution >= 0.6 is 0 Å². The van der Waals surface area contributed by atoms with E-state index in [0.29, 0.717) is 6.61 Å². The van der Waals surface area contributed by atoms with Gasteiger partial charge in [-0.2, -0.15) is 0 Å². The summed E-state index contributed by atoms with van der Waals surface area (Å²) in [4.78, 5) is 0. The number of hydrogen-bond donors (Lipinski definition) is 0. The topological polar surface area (TPSA) is 18.5 Å². The van der Waals surface area contributed by atoms with Crippen molar-refractivity contribution in [2.45, 2.75) is 64.7 Å². The minimum absolute atomic E-state index is 0.708. The molecule has 132 valence electrons. The number of hydrogen-bond acceptors (Lipinski definition) is 2. The summed E-state index contributed by atoms with van der Waals surface area (Å²) >= 11 is 0. The van der Waals surface area contributed by atoms with E-state index in [4.69, 9.17) is 9.47 Å². The van der Waals surface area contributed by atoms with Gasteiger partial charge < -0.3 is 9.47 Å². The fourth-order valence-electron chi connectivity index (χ4n) is 4.33. The highest BCUT2D eigenvalue weighted by Gasteiger charge is 2.30. The van der Waals surface area contributed by atoms with E-state index in [0.717, 1.165) is 43.3 Å². The number of ether oxygens (including phenoxy) is 2. The Morgan fingerprint density at radius 2 is 1.43 bits per heavy atom. The molecule has 0 aliphatic heterocycles. The maximum atomic E-state index is 5.65. The molecule has 0 radical (unpaired) electrons. The monoisotopic (exact) mass is 320 g/mol. The first kappa shape index (κ1) is 18.6. The summed E-state index contributed by atoms with van der Waals surface area (Å²) in [6.07, 6.45) is 18.1. The summed E-state index contributed by atoms with van der Waals surface area (Å²) in [6, 6.07) is 0. The number of rotatable bonds is 9. The molecule has 0 aromatic heterocycles. The highest BCUT2D eigenvalue weighted by molar-refractivity contribution is 4.82. The zero-order chi connectivity index (χ0) is 16.3. The number of allylic oxidation sites excluding steroid dienone is 1.